The lowest BCUT2D eigenvalue weighted by atomic mass is 10.0. The first-order valence-corrected chi connectivity index (χ1v) is 12.6. The van der Waals surface area contributed by atoms with Crippen molar-refractivity contribution < 1.29 is 19.4 Å². The maximum Gasteiger partial charge on any atom is 0.330 e. The van der Waals surface area contributed by atoms with Gasteiger partial charge in [0.2, 0.25) is 0 Å². The lowest BCUT2D eigenvalue weighted by molar-refractivity contribution is -0.137. The first kappa shape index (κ1) is 28.7. The van der Waals surface area contributed by atoms with Gasteiger partial charge in [-0.1, -0.05) is 115 Å². The van der Waals surface area contributed by atoms with E-state index in [2.05, 4.69) is 4.74 Å². The molecule has 0 atom stereocenters. The minimum atomic E-state index is -0.662. The SMILES string of the molecule is COC(=O)C=CCCCCCCCCCCCCCCCCCCCCCC(=O)O. The third-order valence-corrected chi connectivity index (χ3v) is 5.72. The summed E-state index contributed by atoms with van der Waals surface area (Å²) in [5.41, 5.74) is 0. The molecule has 0 aromatic rings. The van der Waals surface area contributed by atoms with Crippen LogP contribution in [0.4, 0.5) is 0 Å². The van der Waals surface area contributed by atoms with E-state index in [1.807, 2.05) is 6.08 Å². The van der Waals surface area contributed by atoms with Crippen molar-refractivity contribution >= 4 is 11.9 Å². The van der Waals surface area contributed by atoms with Crippen LogP contribution in [0.5, 0.6) is 0 Å². The molecule has 0 saturated carbocycles. The maximum atomic E-state index is 10.9. The number of carboxylic acid groups (broad SMARTS) is 1. The zero-order valence-corrected chi connectivity index (χ0v) is 19.7. The molecule has 0 aliphatic carbocycles. The Morgan fingerprint density at radius 3 is 1.27 bits per heavy atom. The molecular weight excluding hydrogens is 376 g/mol. The average Bonchev–Trinajstić information content (AvgIpc) is 2.73. The van der Waals surface area contributed by atoms with Gasteiger partial charge in [-0.05, 0) is 19.3 Å². The molecule has 0 aromatic carbocycles. The number of ether oxygens (including phenoxy) is 1. The van der Waals surface area contributed by atoms with E-state index in [1.165, 1.54) is 122 Å². The second-order valence-corrected chi connectivity index (χ2v) is 8.58. The summed E-state index contributed by atoms with van der Waals surface area (Å²) in [6.45, 7) is 0. The van der Waals surface area contributed by atoms with Gasteiger partial charge in [0.25, 0.3) is 0 Å². The molecule has 0 bridgehead atoms. The topological polar surface area (TPSA) is 63.6 Å². The van der Waals surface area contributed by atoms with Gasteiger partial charge in [0.1, 0.15) is 0 Å². The number of hydrogen-bond donors (Lipinski definition) is 1. The number of unbranched alkanes of at least 4 members (excludes halogenated alkanes) is 19. The van der Waals surface area contributed by atoms with Crippen molar-refractivity contribution in [1.82, 2.24) is 0 Å². The van der Waals surface area contributed by atoms with Gasteiger partial charge < -0.3 is 9.84 Å². The van der Waals surface area contributed by atoms with Crippen molar-refractivity contribution in [3.63, 3.8) is 0 Å². The summed E-state index contributed by atoms with van der Waals surface area (Å²) < 4.78 is 4.56. The summed E-state index contributed by atoms with van der Waals surface area (Å²) in [5, 5.41) is 8.58. The minimum absolute atomic E-state index is 0.256. The van der Waals surface area contributed by atoms with Crippen LogP contribution in [-0.2, 0) is 14.3 Å². The van der Waals surface area contributed by atoms with Crippen LogP contribution in [0.25, 0.3) is 0 Å². The predicted octanol–water partition coefficient (Wildman–Crippen LogP) is 7.99. The highest BCUT2D eigenvalue weighted by atomic mass is 16.5. The number of hydrogen-bond acceptors (Lipinski definition) is 3. The second kappa shape index (κ2) is 24.0. The normalized spacial score (nSPS) is 11.2. The van der Waals surface area contributed by atoms with Gasteiger partial charge in [0.15, 0.2) is 0 Å². The lowest BCUT2D eigenvalue weighted by Gasteiger charge is -2.04. The predicted molar refractivity (Wildman–Crippen MR) is 126 cm³/mol. The van der Waals surface area contributed by atoms with Crippen LogP contribution in [-0.4, -0.2) is 24.2 Å². The van der Waals surface area contributed by atoms with Crippen molar-refractivity contribution in [3.8, 4) is 0 Å². The third-order valence-electron chi connectivity index (χ3n) is 5.72. The van der Waals surface area contributed by atoms with E-state index in [0.717, 1.165) is 19.3 Å². The Morgan fingerprint density at radius 1 is 0.600 bits per heavy atom. The van der Waals surface area contributed by atoms with Crippen LogP contribution >= 0.6 is 0 Å². The highest BCUT2D eigenvalue weighted by Crippen LogP contribution is 2.15. The number of carbonyl (C=O) groups is 2. The Morgan fingerprint density at radius 2 is 0.933 bits per heavy atom. The molecule has 0 unspecified atom stereocenters. The zero-order chi connectivity index (χ0) is 22.1. The van der Waals surface area contributed by atoms with Crippen LogP contribution in [0.15, 0.2) is 12.2 Å². The summed E-state index contributed by atoms with van der Waals surface area (Å²) in [6.07, 6.45) is 29.4. The molecule has 0 radical (unpaired) electrons. The number of carboxylic acids is 1. The third kappa shape index (κ3) is 24.7. The molecular formula is C26H48O4. The van der Waals surface area contributed by atoms with E-state index in [0.29, 0.717) is 6.42 Å². The molecule has 4 heteroatoms. The zero-order valence-electron chi connectivity index (χ0n) is 19.7. The molecule has 4 nitrogen and oxygen atoms in total. The summed E-state index contributed by atoms with van der Waals surface area (Å²) in [5.74, 6) is -0.918. The number of carbonyl (C=O) groups excluding carboxylic acids is 1. The maximum absolute atomic E-state index is 10.9. The van der Waals surface area contributed by atoms with Crippen molar-refractivity contribution in [2.75, 3.05) is 7.11 Å². The van der Waals surface area contributed by atoms with E-state index in [-0.39, 0.29) is 5.97 Å². The first-order valence-electron chi connectivity index (χ1n) is 12.6. The number of rotatable bonds is 23. The van der Waals surface area contributed by atoms with Crippen molar-refractivity contribution in [3.05, 3.63) is 12.2 Å². The fourth-order valence-corrected chi connectivity index (χ4v) is 3.79. The Labute approximate surface area is 185 Å². The Hall–Kier alpha value is -1.32. The van der Waals surface area contributed by atoms with Gasteiger partial charge in [-0.25, -0.2) is 4.79 Å². The van der Waals surface area contributed by atoms with Gasteiger partial charge in [-0.15, -0.1) is 0 Å². The van der Waals surface area contributed by atoms with Crippen LogP contribution in [0.1, 0.15) is 135 Å². The van der Waals surface area contributed by atoms with Crippen LogP contribution in [0.3, 0.4) is 0 Å². The Bertz CT molecular complexity index is 417. The van der Waals surface area contributed by atoms with Crippen molar-refractivity contribution in [2.24, 2.45) is 0 Å². The van der Waals surface area contributed by atoms with Crippen molar-refractivity contribution in [1.29, 1.82) is 0 Å². The standard InChI is InChI=1S/C26H48O4/c1-30-26(29)24-22-20-18-16-14-12-10-8-6-4-2-3-5-7-9-11-13-15-17-19-21-23-25(27)28/h22,24H,2-21,23H2,1H3,(H,27,28). The number of esters is 1. The van der Waals surface area contributed by atoms with Crippen LogP contribution < -0.4 is 0 Å². The fraction of sp³-hybridized carbons (Fsp3) is 0.846. The first-order chi connectivity index (χ1) is 14.7. The molecule has 0 spiro atoms. The van der Waals surface area contributed by atoms with E-state index in [9.17, 15) is 9.59 Å². The monoisotopic (exact) mass is 424 g/mol. The average molecular weight is 425 g/mol. The van der Waals surface area contributed by atoms with Crippen molar-refractivity contribution in [2.45, 2.75) is 135 Å². The van der Waals surface area contributed by atoms with E-state index in [1.54, 1.807) is 0 Å². The van der Waals surface area contributed by atoms with Gasteiger partial charge in [-0.2, -0.15) is 0 Å². The smallest absolute Gasteiger partial charge is 0.330 e. The van der Waals surface area contributed by atoms with Gasteiger partial charge in [0.05, 0.1) is 7.11 Å². The second-order valence-electron chi connectivity index (χ2n) is 8.58. The largest absolute Gasteiger partial charge is 0.481 e. The highest BCUT2D eigenvalue weighted by molar-refractivity contribution is 5.81. The fourth-order valence-electron chi connectivity index (χ4n) is 3.79. The summed E-state index contributed by atoms with van der Waals surface area (Å²) in [6, 6.07) is 0. The summed E-state index contributed by atoms with van der Waals surface area (Å²) in [4.78, 5) is 21.3. The Kier molecular flexibility index (Phi) is 22.9. The molecule has 0 aromatic heterocycles. The lowest BCUT2D eigenvalue weighted by Crippen LogP contribution is -1.93. The van der Waals surface area contributed by atoms with Gasteiger partial charge in [-0.3, -0.25) is 4.79 Å². The molecule has 0 rings (SSSR count). The number of allylic oxidation sites excluding steroid dienone is 1. The van der Waals surface area contributed by atoms with Crippen LogP contribution in [0.2, 0.25) is 0 Å². The molecule has 176 valence electrons. The summed E-state index contributed by atoms with van der Waals surface area (Å²) in [7, 11) is 1.41. The molecule has 0 saturated heterocycles. The number of methoxy groups -OCH3 is 1. The molecule has 1 N–H and O–H groups in total. The van der Waals surface area contributed by atoms with E-state index in [4.69, 9.17) is 5.11 Å². The Balaban J connectivity index is 3.07. The molecule has 0 heterocycles. The van der Waals surface area contributed by atoms with E-state index >= 15 is 0 Å². The van der Waals surface area contributed by atoms with Gasteiger partial charge in [0, 0.05) is 12.5 Å². The van der Waals surface area contributed by atoms with E-state index < -0.39 is 5.97 Å². The minimum Gasteiger partial charge on any atom is -0.481 e. The number of aliphatic carboxylic acids is 1. The highest BCUT2D eigenvalue weighted by Gasteiger charge is 1.97. The molecule has 0 fully saturated rings. The van der Waals surface area contributed by atoms with Crippen LogP contribution in [0, 0.1) is 0 Å². The van der Waals surface area contributed by atoms with Gasteiger partial charge >= 0.3 is 11.9 Å². The quantitative estimate of drug-likeness (QED) is 0.102. The molecule has 30 heavy (non-hydrogen) atoms. The summed E-state index contributed by atoms with van der Waals surface area (Å²) >= 11 is 0. The molecule has 0 aliphatic heterocycles. The molecule has 0 aliphatic rings. The molecule has 0 amide bonds.